The first-order valence-corrected chi connectivity index (χ1v) is 7.11. The number of hydrogen-bond donors (Lipinski definition) is 0. The standard InChI is InChI=1S/C12H8F18O/c1-3(5(13,9(19,20)21)7(15,16)11(25,26)27)31-4(2)6(14,10(22,23)24)8(17,18)12(28,29)30/h3-4H,1-2H3. The summed E-state index contributed by atoms with van der Waals surface area (Å²) in [4.78, 5) is 0. The molecule has 0 aliphatic heterocycles. The first-order valence-electron chi connectivity index (χ1n) is 7.11. The van der Waals surface area contributed by atoms with E-state index in [1.165, 1.54) is 0 Å². The summed E-state index contributed by atoms with van der Waals surface area (Å²) < 4.78 is 234. The van der Waals surface area contributed by atoms with Crippen LogP contribution in [0.25, 0.3) is 0 Å². The minimum Gasteiger partial charge on any atom is -0.368 e. The Morgan fingerprint density at radius 1 is 0.387 bits per heavy atom. The van der Waals surface area contributed by atoms with E-state index in [1.807, 2.05) is 0 Å². The highest BCUT2D eigenvalue weighted by molar-refractivity contribution is 5.11. The van der Waals surface area contributed by atoms with Crippen molar-refractivity contribution in [1.29, 1.82) is 0 Å². The Morgan fingerprint density at radius 2 is 0.581 bits per heavy atom. The molecule has 0 aromatic rings. The molecule has 0 amide bonds. The van der Waals surface area contributed by atoms with Gasteiger partial charge in [-0.15, -0.1) is 0 Å². The third kappa shape index (κ3) is 4.34. The predicted molar refractivity (Wildman–Crippen MR) is 61.8 cm³/mol. The molecule has 0 fully saturated rings. The van der Waals surface area contributed by atoms with Crippen LogP contribution in [0.5, 0.6) is 0 Å². The van der Waals surface area contributed by atoms with Gasteiger partial charge in [0.25, 0.3) is 0 Å². The maximum absolute atomic E-state index is 14.0. The molecule has 4 unspecified atom stereocenters. The van der Waals surface area contributed by atoms with Crippen LogP contribution in [0, 0.1) is 0 Å². The lowest BCUT2D eigenvalue weighted by molar-refractivity contribution is -0.421. The first kappa shape index (κ1) is 29.7. The second kappa shape index (κ2) is 7.64. The highest BCUT2D eigenvalue weighted by Crippen LogP contribution is 2.58. The van der Waals surface area contributed by atoms with E-state index >= 15 is 0 Å². The van der Waals surface area contributed by atoms with E-state index < -0.39 is 73.9 Å². The SMILES string of the molecule is CC(OC(C)C(F)(C(F)(F)F)C(F)(F)C(F)(F)F)C(F)(C(F)(F)F)C(F)(F)C(F)(F)F. The van der Waals surface area contributed by atoms with Gasteiger partial charge in [-0.1, -0.05) is 0 Å². The van der Waals surface area contributed by atoms with Crippen molar-refractivity contribution in [1.82, 2.24) is 0 Å². The lowest BCUT2D eigenvalue weighted by Gasteiger charge is -2.43. The molecular formula is C12H8F18O. The highest BCUT2D eigenvalue weighted by atomic mass is 19.4. The molecule has 0 spiro atoms. The van der Waals surface area contributed by atoms with Crippen LogP contribution in [0.2, 0.25) is 0 Å². The van der Waals surface area contributed by atoms with Crippen molar-refractivity contribution in [2.45, 2.75) is 73.9 Å². The Morgan fingerprint density at radius 3 is 0.710 bits per heavy atom. The molecule has 19 heteroatoms. The average molecular weight is 510 g/mol. The number of rotatable bonds is 6. The Kier molecular flexibility index (Phi) is 7.32. The van der Waals surface area contributed by atoms with Gasteiger partial charge in [0.2, 0.25) is 0 Å². The number of alkyl halides is 18. The molecule has 4 atom stereocenters. The van der Waals surface area contributed by atoms with Gasteiger partial charge < -0.3 is 4.74 Å². The van der Waals surface area contributed by atoms with Gasteiger partial charge in [0.1, 0.15) is 12.2 Å². The van der Waals surface area contributed by atoms with Crippen molar-refractivity contribution < 1.29 is 83.8 Å². The van der Waals surface area contributed by atoms with Crippen LogP contribution in [0.4, 0.5) is 79.0 Å². The van der Waals surface area contributed by atoms with Gasteiger partial charge in [0, 0.05) is 0 Å². The maximum atomic E-state index is 14.0. The van der Waals surface area contributed by atoms with Crippen molar-refractivity contribution >= 4 is 0 Å². The van der Waals surface area contributed by atoms with E-state index in [0.717, 1.165) is 0 Å². The summed E-state index contributed by atoms with van der Waals surface area (Å²) in [6, 6.07) is 0. The average Bonchev–Trinajstić information content (AvgIpc) is 2.47. The minimum atomic E-state index is -7.53. The van der Waals surface area contributed by atoms with Crippen LogP contribution in [-0.2, 0) is 4.74 Å². The molecule has 0 bridgehead atoms. The van der Waals surface area contributed by atoms with Crippen LogP contribution in [-0.4, -0.2) is 60.1 Å². The fourth-order valence-corrected chi connectivity index (χ4v) is 2.23. The molecule has 0 aliphatic rings. The van der Waals surface area contributed by atoms with Crippen molar-refractivity contribution in [2.24, 2.45) is 0 Å². The van der Waals surface area contributed by atoms with Crippen molar-refractivity contribution in [3.8, 4) is 0 Å². The van der Waals surface area contributed by atoms with Crippen molar-refractivity contribution in [3.05, 3.63) is 0 Å². The molecule has 0 saturated heterocycles. The van der Waals surface area contributed by atoms with Gasteiger partial charge in [-0.3, -0.25) is 0 Å². The molecule has 188 valence electrons. The highest BCUT2D eigenvalue weighted by Gasteiger charge is 2.86. The fourth-order valence-electron chi connectivity index (χ4n) is 2.23. The van der Waals surface area contributed by atoms with Crippen LogP contribution in [0.1, 0.15) is 13.8 Å². The largest absolute Gasteiger partial charge is 0.457 e. The summed E-state index contributed by atoms with van der Waals surface area (Å²) in [6.07, 6.45) is -38.7. The van der Waals surface area contributed by atoms with E-state index in [0.29, 0.717) is 0 Å². The molecule has 0 N–H and O–H groups in total. The topological polar surface area (TPSA) is 9.23 Å². The van der Waals surface area contributed by atoms with Crippen LogP contribution >= 0.6 is 0 Å². The summed E-state index contributed by atoms with van der Waals surface area (Å²) in [7, 11) is 0. The Bertz CT molecular complexity index is 571. The summed E-state index contributed by atoms with van der Waals surface area (Å²) in [5.74, 6) is -15.1. The monoisotopic (exact) mass is 510 g/mol. The first-order chi connectivity index (χ1) is 13.0. The molecular weight excluding hydrogens is 502 g/mol. The normalized spacial score (nSPS) is 21.3. The second-order valence-corrected chi connectivity index (χ2v) is 5.98. The van der Waals surface area contributed by atoms with Gasteiger partial charge in [-0.25, -0.2) is 8.78 Å². The van der Waals surface area contributed by atoms with E-state index in [-0.39, 0.29) is 0 Å². The van der Waals surface area contributed by atoms with Crippen LogP contribution in [0.3, 0.4) is 0 Å². The number of halogens is 18. The van der Waals surface area contributed by atoms with Crippen LogP contribution < -0.4 is 0 Å². The third-order valence-electron chi connectivity index (χ3n) is 3.98. The lowest BCUT2D eigenvalue weighted by atomic mass is 9.87. The van der Waals surface area contributed by atoms with Gasteiger partial charge in [0.05, 0.1) is 0 Å². The molecule has 0 heterocycles. The fraction of sp³-hybridized carbons (Fsp3) is 1.00. The van der Waals surface area contributed by atoms with Crippen molar-refractivity contribution in [2.75, 3.05) is 0 Å². The Hall–Kier alpha value is -1.30. The van der Waals surface area contributed by atoms with Crippen LogP contribution in [0.15, 0.2) is 0 Å². The zero-order valence-corrected chi connectivity index (χ0v) is 14.4. The molecule has 0 rings (SSSR count). The lowest BCUT2D eigenvalue weighted by Crippen LogP contribution is -2.71. The summed E-state index contributed by atoms with van der Waals surface area (Å²) in [5.41, 5.74) is -14.1. The molecule has 31 heavy (non-hydrogen) atoms. The number of hydrogen-bond acceptors (Lipinski definition) is 1. The predicted octanol–water partition coefficient (Wildman–Crippen LogP) is 6.72. The molecule has 0 aromatic heterocycles. The molecule has 0 aromatic carbocycles. The molecule has 0 radical (unpaired) electrons. The molecule has 1 nitrogen and oxygen atoms in total. The molecule has 0 saturated carbocycles. The van der Waals surface area contributed by atoms with Gasteiger partial charge >= 0.3 is 47.9 Å². The minimum absolute atomic E-state index is 0.799. The zero-order chi connectivity index (χ0) is 25.9. The smallest absolute Gasteiger partial charge is 0.368 e. The Balaban J connectivity index is 6.64. The van der Waals surface area contributed by atoms with Gasteiger partial charge in [0.15, 0.2) is 0 Å². The van der Waals surface area contributed by atoms with E-state index in [1.54, 1.807) is 0 Å². The number of ether oxygens (including phenoxy) is 1. The van der Waals surface area contributed by atoms with Gasteiger partial charge in [-0.05, 0) is 13.8 Å². The van der Waals surface area contributed by atoms with E-state index in [4.69, 9.17) is 0 Å². The molecule has 0 aliphatic carbocycles. The summed E-state index contributed by atoms with van der Waals surface area (Å²) in [6.45, 7) is -1.60. The van der Waals surface area contributed by atoms with E-state index in [2.05, 4.69) is 4.74 Å². The summed E-state index contributed by atoms with van der Waals surface area (Å²) >= 11 is 0. The maximum Gasteiger partial charge on any atom is 0.457 e. The third-order valence-corrected chi connectivity index (χ3v) is 3.98. The van der Waals surface area contributed by atoms with Gasteiger partial charge in [-0.2, -0.15) is 70.2 Å². The Labute approximate surface area is 159 Å². The second-order valence-electron chi connectivity index (χ2n) is 5.98. The van der Waals surface area contributed by atoms with Crippen molar-refractivity contribution in [3.63, 3.8) is 0 Å². The van der Waals surface area contributed by atoms with E-state index in [9.17, 15) is 79.0 Å². The summed E-state index contributed by atoms with van der Waals surface area (Å²) in [5, 5.41) is 0. The quantitative estimate of drug-likeness (QED) is 0.361. The zero-order valence-electron chi connectivity index (χ0n) is 14.4.